The van der Waals surface area contributed by atoms with Crippen LogP contribution in [0.5, 0.6) is 0 Å². The lowest BCUT2D eigenvalue weighted by atomic mass is 10.8. The number of ether oxygens (including phenoxy) is 2. The van der Waals surface area contributed by atoms with Crippen LogP contribution in [0.2, 0.25) is 0 Å². The maximum Gasteiger partial charge on any atom is 0.505 e. The van der Waals surface area contributed by atoms with E-state index >= 15 is 0 Å². The average Bonchev–Trinajstić information content (AvgIpc) is 2.02. The molecule has 0 rings (SSSR count). The second-order valence-corrected chi connectivity index (χ2v) is 1.23. The highest BCUT2D eigenvalue weighted by Crippen LogP contribution is 1.79. The highest BCUT2D eigenvalue weighted by atomic mass is 16.7. The summed E-state index contributed by atoms with van der Waals surface area (Å²) >= 11 is 0. The fourth-order valence-electron chi connectivity index (χ4n) is 0.258. The van der Waals surface area contributed by atoms with E-state index in [2.05, 4.69) is 16.4 Å². The summed E-state index contributed by atoms with van der Waals surface area (Å²) in [5, 5.41) is 15.7. The fraction of sp³-hybridized carbons (Fsp3) is 0.500. The summed E-state index contributed by atoms with van der Waals surface area (Å²) in [4.78, 5) is 19.2. The van der Waals surface area contributed by atoms with E-state index in [1.807, 2.05) is 0 Å². The molecule has 0 aliphatic rings. The van der Waals surface area contributed by atoms with Crippen LogP contribution in [0.4, 0.5) is 9.59 Å². The van der Waals surface area contributed by atoms with E-state index in [9.17, 15) is 9.59 Å². The number of carboxylic acid groups (broad SMARTS) is 2. The molecule has 12 heavy (non-hydrogen) atoms. The number of hydrogen-bond acceptors (Lipinski definition) is 4. The molecule has 0 aromatic heterocycles. The van der Waals surface area contributed by atoms with Gasteiger partial charge in [-0.25, -0.2) is 9.59 Å². The summed E-state index contributed by atoms with van der Waals surface area (Å²) in [6, 6.07) is 0. The number of carbonyl (C=O) groups is 2. The first-order valence-electron chi connectivity index (χ1n) is 3.05. The van der Waals surface area contributed by atoms with Gasteiger partial charge in [0.2, 0.25) is 0 Å². The third-order valence-corrected chi connectivity index (χ3v) is 0.534. The van der Waals surface area contributed by atoms with Crippen LogP contribution in [0.1, 0.15) is 6.92 Å². The van der Waals surface area contributed by atoms with E-state index in [4.69, 9.17) is 10.2 Å². The van der Waals surface area contributed by atoms with Gasteiger partial charge in [0.15, 0.2) is 0 Å². The smallest absolute Gasteiger partial charge is 0.450 e. The predicted molar refractivity (Wildman–Crippen MR) is 39.0 cm³/mol. The first-order chi connectivity index (χ1) is 5.63. The van der Waals surface area contributed by atoms with Gasteiger partial charge in [-0.3, -0.25) is 0 Å². The van der Waals surface area contributed by atoms with E-state index < -0.39 is 12.3 Å². The molecule has 0 amide bonds. The minimum absolute atomic E-state index is 0.276. The molecule has 0 unspecified atom stereocenters. The van der Waals surface area contributed by atoms with Crippen molar-refractivity contribution in [2.24, 2.45) is 0 Å². The zero-order chi connectivity index (χ0) is 9.98. The molecule has 0 fully saturated rings. The molecule has 0 heterocycles. The first kappa shape index (κ1) is 13.2. The first-order valence-corrected chi connectivity index (χ1v) is 3.05. The SMILES string of the molecule is O=C(O)OCCOC(=O)O.[CH2]C. The van der Waals surface area contributed by atoms with Gasteiger partial charge in [-0.05, 0) is 0 Å². The van der Waals surface area contributed by atoms with E-state index in [1.54, 1.807) is 6.92 Å². The fourth-order valence-corrected chi connectivity index (χ4v) is 0.258. The average molecular weight is 179 g/mol. The van der Waals surface area contributed by atoms with Crippen LogP contribution in [-0.4, -0.2) is 35.7 Å². The van der Waals surface area contributed by atoms with Gasteiger partial charge < -0.3 is 19.7 Å². The van der Waals surface area contributed by atoms with Crippen LogP contribution in [0, 0.1) is 6.92 Å². The van der Waals surface area contributed by atoms with Gasteiger partial charge in [-0.1, -0.05) is 13.8 Å². The molecule has 0 aromatic carbocycles. The van der Waals surface area contributed by atoms with Crippen LogP contribution < -0.4 is 0 Å². The van der Waals surface area contributed by atoms with Crippen molar-refractivity contribution >= 4 is 12.3 Å². The molecule has 2 N–H and O–H groups in total. The topological polar surface area (TPSA) is 93.1 Å². The molecule has 0 atom stereocenters. The molecule has 6 heteroatoms. The molecular weight excluding hydrogens is 168 g/mol. The molecule has 1 radical (unpaired) electrons. The van der Waals surface area contributed by atoms with Crippen LogP contribution in [0.3, 0.4) is 0 Å². The Morgan fingerprint density at radius 1 is 1.08 bits per heavy atom. The van der Waals surface area contributed by atoms with Gasteiger partial charge in [0.1, 0.15) is 13.2 Å². The second-order valence-electron chi connectivity index (χ2n) is 1.23. The predicted octanol–water partition coefficient (Wildman–Crippen LogP) is 1.22. The lowest BCUT2D eigenvalue weighted by molar-refractivity contribution is 0.0472. The quantitative estimate of drug-likeness (QED) is 0.499. The summed E-state index contributed by atoms with van der Waals surface area (Å²) in [5.74, 6) is 0. The Hall–Kier alpha value is -1.46. The van der Waals surface area contributed by atoms with Crippen molar-refractivity contribution in [3.63, 3.8) is 0 Å². The summed E-state index contributed by atoms with van der Waals surface area (Å²) in [6.45, 7) is 4.45. The Labute approximate surface area is 69.7 Å². The summed E-state index contributed by atoms with van der Waals surface area (Å²) in [5.41, 5.74) is 0. The van der Waals surface area contributed by atoms with Gasteiger partial charge in [-0.2, -0.15) is 0 Å². The van der Waals surface area contributed by atoms with Crippen LogP contribution in [0.25, 0.3) is 0 Å². The van der Waals surface area contributed by atoms with Gasteiger partial charge in [0.05, 0.1) is 0 Å². The lowest BCUT2D eigenvalue weighted by Gasteiger charge is -1.98. The van der Waals surface area contributed by atoms with Crippen LogP contribution in [0.15, 0.2) is 0 Å². The molecule has 0 saturated heterocycles. The highest BCUT2D eigenvalue weighted by molar-refractivity contribution is 5.57. The standard InChI is InChI=1S/C4H6O6.C2H5/c5-3(6)9-1-2-10-4(7)8;1-2/h1-2H2,(H,5,6)(H,7,8);1H2,2H3. The Kier molecular flexibility index (Phi) is 10.5. The van der Waals surface area contributed by atoms with Gasteiger partial charge >= 0.3 is 12.3 Å². The molecule has 0 spiro atoms. The van der Waals surface area contributed by atoms with Crippen molar-refractivity contribution in [1.29, 1.82) is 0 Å². The van der Waals surface area contributed by atoms with Crippen molar-refractivity contribution in [1.82, 2.24) is 0 Å². The maximum atomic E-state index is 9.62. The monoisotopic (exact) mass is 179 g/mol. The summed E-state index contributed by atoms with van der Waals surface area (Å²) in [6.07, 6.45) is -2.90. The van der Waals surface area contributed by atoms with Crippen molar-refractivity contribution in [3.05, 3.63) is 6.92 Å². The molecule has 0 aliphatic carbocycles. The zero-order valence-corrected chi connectivity index (χ0v) is 6.65. The molecule has 6 nitrogen and oxygen atoms in total. The molecule has 0 aromatic rings. The van der Waals surface area contributed by atoms with E-state index in [1.165, 1.54) is 0 Å². The molecular formula is C6H11O6. The van der Waals surface area contributed by atoms with Crippen molar-refractivity contribution in [2.45, 2.75) is 6.92 Å². The molecule has 0 saturated carbocycles. The third-order valence-electron chi connectivity index (χ3n) is 0.534. The van der Waals surface area contributed by atoms with E-state index in [-0.39, 0.29) is 13.2 Å². The Balaban J connectivity index is 0. The summed E-state index contributed by atoms with van der Waals surface area (Å²) in [7, 11) is 0. The van der Waals surface area contributed by atoms with Crippen LogP contribution >= 0.6 is 0 Å². The largest absolute Gasteiger partial charge is 0.505 e. The van der Waals surface area contributed by atoms with E-state index in [0.717, 1.165) is 0 Å². The maximum absolute atomic E-state index is 9.62. The van der Waals surface area contributed by atoms with Gasteiger partial charge in [0, 0.05) is 0 Å². The summed E-state index contributed by atoms with van der Waals surface area (Å²) < 4.78 is 7.84. The zero-order valence-electron chi connectivity index (χ0n) is 6.65. The number of hydrogen-bond donors (Lipinski definition) is 2. The van der Waals surface area contributed by atoms with Crippen molar-refractivity contribution < 1.29 is 29.3 Å². The van der Waals surface area contributed by atoms with Crippen molar-refractivity contribution in [3.8, 4) is 0 Å². The van der Waals surface area contributed by atoms with Gasteiger partial charge in [-0.15, -0.1) is 0 Å². The minimum atomic E-state index is -1.45. The Morgan fingerprint density at radius 3 is 1.50 bits per heavy atom. The third kappa shape index (κ3) is 15.8. The highest BCUT2D eigenvalue weighted by Gasteiger charge is 1.98. The molecule has 0 aliphatic heterocycles. The molecule has 0 bridgehead atoms. The normalized spacial score (nSPS) is 7.50. The minimum Gasteiger partial charge on any atom is -0.450 e. The molecule has 71 valence electrons. The number of rotatable bonds is 3. The Bertz CT molecular complexity index is 116. The van der Waals surface area contributed by atoms with Crippen molar-refractivity contribution in [2.75, 3.05) is 13.2 Å². The van der Waals surface area contributed by atoms with E-state index in [0.29, 0.717) is 0 Å². The lowest BCUT2D eigenvalue weighted by Crippen LogP contribution is -2.10. The van der Waals surface area contributed by atoms with Gasteiger partial charge in [0.25, 0.3) is 0 Å². The van der Waals surface area contributed by atoms with Crippen LogP contribution in [-0.2, 0) is 9.47 Å². The Morgan fingerprint density at radius 2 is 1.33 bits per heavy atom. The second kappa shape index (κ2) is 9.54.